The first-order valence-corrected chi connectivity index (χ1v) is 13.4. The summed E-state index contributed by atoms with van der Waals surface area (Å²) in [7, 11) is 0. The zero-order chi connectivity index (χ0) is 26.5. The molecule has 0 saturated carbocycles. The normalized spacial score (nSPS) is 11.0. The number of aromatic nitrogens is 3. The summed E-state index contributed by atoms with van der Waals surface area (Å²) in [5.74, 6) is 0.695. The molecule has 2 aromatic heterocycles. The van der Waals surface area contributed by atoms with E-state index in [4.69, 9.17) is 9.72 Å². The minimum atomic E-state index is -0.232. The molecular formula is C30H28N4O3S. The van der Waals surface area contributed by atoms with E-state index in [1.807, 2.05) is 92.7 Å². The number of hydrogen-bond donors (Lipinski definition) is 2. The van der Waals surface area contributed by atoms with Gasteiger partial charge in [0.25, 0.3) is 5.56 Å². The molecule has 0 atom stereocenters. The van der Waals surface area contributed by atoms with Crippen LogP contribution in [0.25, 0.3) is 27.8 Å². The van der Waals surface area contributed by atoms with Gasteiger partial charge in [-0.2, -0.15) is 0 Å². The van der Waals surface area contributed by atoms with Crippen molar-refractivity contribution in [1.29, 1.82) is 0 Å². The quantitative estimate of drug-likeness (QED) is 0.196. The number of benzene rings is 3. The first-order valence-electron chi connectivity index (χ1n) is 12.4. The third kappa shape index (κ3) is 5.50. The third-order valence-electron chi connectivity index (χ3n) is 6.10. The number of carbonyl (C=O) groups is 1. The van der Waals surface area contributed by atoms with Crippen molar-refractivity contribution >= 4 is 28.7 Å². The highest BCUT2D eigenvalue weighted by atomic mass is 32.2. The van der Waals surface area contributed by atoms with Crippen LogP contribution in [-0.2, 0) is 11.3 Å². The third-order valence-corrected chi connectivity index (χ3v) is 7.04. The van der Waals surface area contributed by atoms with Crippen LogP contribution in [0.4, 0.5) is 0 Å². The fourth-order valence-corrected chi connectivity index (χ4v) is 4.98. The molecule has 0 spiro atoms. The van der Waals surface area contributed by atoms with Crippen LogP contribution in [0, 0.1) is 6.92 Å². The lowest BCUT2D eigenvalue weighted by atomic mass is 10.1. The van der Waals surface area contributed by atoms with E-state index in [0.717, 1.165) is 16.7 Å². The first-order chi connectivity index (χ1) is 18.5. The van der Waals surface area contributed by atoms with Gasteiger partial charge in [-0.25, -0.2) is 4.98 Å². The van der Waals surface area contributed by atoms with Crippen LogP contribution in [0.1, 0.15) is 18.1 Å². The van der Waals surface area contributed by atoms with Crippen LogP contribution in [0.2, 0.25) is 0 Å². The van der Waals surface area contributed by atoms with E-state index in [9.17, 15) is 9.59 Å². The first kappa shape index (κ1) is 25.4. The number of hydrogen-bond acceptors (Lipinski definition) is 5. The van der Waals surface area contributed by atoms with Gasteiger partial charge in [-0.15, -0.1) is 0 Å². The van der Waals surface area contributed by atoms with Gasteiger partial charge in [-0.05, 0) is 49.2 Å². The maximum Gasteiger partial charge on any atom is 0.283 e. The van der Waals surface area contributed by atoms with E-state index in [2.05, 4.69) is 10.3 Å². The number of nitrogens with one attached hydrogen (secondary N) is 2. The molecular weight excluding hydrogens is 496 g/mol. The molecule has 1 amide bonds. The van der Waals surface area contributed by atoms with E-state index in [1.165, 1.54) is 17.3 Å². The lowest BCUT2D eigenvalue weighted by Gasteiger charge is -2.13. The molecule has 3 aromatic carbocycles. The van der Waals surface area contributed by atoms with Gasteiger partial charge in [0.15, 0.2) is 5.16 Å². The molecule has 0 aliphatic rings. The molecule has 0 unspecified atom stereocenters. The van der Waals surface area contributed by atoms with E-state index in [1.54, 1.807) is 10.8 Å². The maximum atomic E-state index is 13.7. The molecule has 0 bridgehead atoms. The van der Waals surface area contributed by atoms with Crippen LogP contribution >= 0.6 is 11.8 Å². The van der Waals surface area contributed by atoms with Crippen LogP contribution < -0.4 is 15.6 Å². The summed E-state index contributed by atoms with van der Waals surface area (Å²) in [6, 6.07) is 25.1. The largest absolute Gasteiger partial charge is 0.494 e. The molecule has 0 aliphatic heterocycles. The van der Waals surface area contributed by atoms with Crippen LogP contribution in [0.3, 0.4) is 0 Å². The topological polar surface area (TPSA) is 89.0 Å². The number of H-pyrrole nitrogens is 1. The second-order valence-corrected chi connectivity index (χ2v) is 9.75. The lowest BCUT2D eigenvalue weighted by Crippen LogP contribution is -2.26. The van der Waals surface area contributed by atoms with Gasteiger partial charge in [0.05, 0.1) is 18.0 Å². The zero-order valence-electron chi connectivity index (χ0n) is 21.2. The van der Waals surface area contributed by atoms with Crippen molar-refractivity contribution in [2.75, 3.05) is 12.4 Å². The van der Waals surface area contributed by atoms with E-state index < -0.39 is 0 Å². The molecule has 2 N–H and O–H groups in total. The Kier molecular flexibility index (Phi) is 7.60. The highest BCUT2D eigenvalue weighted by molar-refractivity contribution is 7.99. The van der Waals surface area contributed by atoms with Gasteiger partial charge in [0, 0.05) is 18.3 Å². The molecule has 0 fully saturated rings. The predicted octanol–water partition coefficient (Wildman–Crippen LogP) is 5.50. The maximum absolute atomic E-state index is 13.7. The highest BCUT2D eigenvalue weighted by Crippen LogP contribution is 2.29. The van der Waals surface area contributed by atoms with E-state index in [0.29, 0.717) is 40.8 Å². The molecule has 7 nitrogen and oxygen atoms in total. The monoisotopic (exact) mass is 524 g/mol. The SMILES string of the molecule is CCOc1ccc(-n2c(SCC(=O)NCc3ccc(C)cc3)nc3c(-c4ccccc4)c[nH]c3c2=O)cc1. The number of rotatable bonds is 9. The Morgan fingerprint density at radius 3 is 2.47 bits per heavy atom. The van der Waals surface area contributed by atoms with Gasteiger partial charge in [-0.3, -0.25) is 14.2 Å². The standard InChI is InChI=1S/C30H28N4O3S/c1-3-37-24-15-13-23(14-16-24)34-29(36)28-27(25(18-32-28)22-7-5-4-6-8-22)33-30(34)38-19-26(35)31-17-21-11-9-20(2)10-12-21/h4-16,18,32H,3,17,19H2,1-2H3,(H,31,35). The molecule has 5 rings (SSSR count). The van der Waals surface area contributed by atoms with Gasteiger partial charge in [0.2, 0.25) is 5.91 Å². The Morgan fingerprint density at radius 1 is 1.03 bits per heavy atom. The molecule has 5 aromatic rings. The number of carbonyl (C=O) groups excluding carboxylic acids is 1. The molecule has 0 radical (unpaired) electrons. The van der Waals surface area contributed by atoms with Crippen LogP contribution in [0.15, 0.2) is 95.0 Å². The molecule has 38 heavy (non-hydrogen) atoms. The summed E-state index contributed by atoms with van der Waals surface area (Å²) in [6.45, 7) is 4.94. The van der Waals surface area contributed by atoms with E-state index in [-0.39, 0.29) is 17.2 Å². The minimum Gasteiger partial charge on any atom is -0.494 e. The van der Waals surface area contributed by atoms with E-state index >= 15 is 0 Å². The smallest absolute Gasteiger partial charge is 0.283 e. The Morgan fingerprint density at radius 2 is 1.76 bits per heavy atom. The fraction of sp³-hybridized carbons (Fsp3) is 0.167. The van der Waals surface area contributed by atoms with Crippen molar-refractivity contribution in [3.8, 4) is 22.6 Å². The average Bonchev–Trinajstić information content (AvgIpc) is 3.37. The van der Waals surface area contributed by atoms with Crippen molar-refractivity contribution in [2.24, 2.45) is 0 Å². The summed E-state index contributed by atoms with van der Waals surface area (Å²) < 4.78 is 7.10. The predicted molar refractivity (Wildman–Crippen MR) is 152 cm³/mol. The summed E-state index contributed by atoms with van der Waals surface area (Å²) in [5, 5.41) is 3.39. The number of fused-ring (bicyclic) bond motifs is 1. The number of amides is 1. The van der Waals surface area contributed by atoms with Gasteiger partial charge in [-0.1, -0.05) is 71.9 Å². The zero-order valence-corrected chi connectivity index (χ0v) is 22.0. The van der Waals surface area contributed by atoms with Crippen LogP contribution in [-0.4, -0.2) is 32.8 Å². The summed E-state index contributed by atoms with van der Waals surface area (Å²) in [6.07, 6.45) is 1.81. The number of ether oxygens (including phenoxy) is 1. The molecule has 192 valence electrons. The molecule has 0 saturated heterocycles. The molecule has 2 heterocycles. The van der Waals surface area contributed by atoms with Crippen molar-refractivity contribution in [3.63, 3.8) is 0 Å². The Labute approximate surface area is 224 Å². The van der Waals surface area contributed by atoms with Crippen molar-refractivity contribution in [1.82, 2.24) is 19.9 Å². The Hall–Kier alpha value is -4.30. The van der Waals surface area contributed by atoms with Gasteiger partial charge in [0.1, 0.15) is 16.8 Å². The fourth-order valence-electron chi connectivity index (χ4n) is 4.15. The summed E-state index contributed by atoms with van der Waals surface area (Å²) in [5.41, 5.74) is 5.38. The second kappa shape index (κ2) is 11.4. The minimum absolute atomic E-state index is 0.117. The second-order valence-electron chi connectivity index (χ2n) is 8.80. The van der Waals surface area contributed by atoms with Gasteiger partial charge < -0.3 is 15.0 Å². The Balaban J connectivity index is 1.48. The van der Waals surface area contributed by atoms with Crippen molar-refractivity contribution < 1.29 is 9.53 Å². The Bertz CT molecular complexity index is 1610. The summed E-state index contributed by atoms with van der Waals surface area (Å²) >= 11 is 1.23. The van der Waals surface area contributed by atoms with Gasteiger partial charge >= 0.3 is 0 Å². The van der Waals surface area contributed by atoms with Crippen molar-refractivity contribution in [3.05, 3.63) is 107 Å². The van der Waals surface area contributed by atoms with Crippen LogP contribution in [0.5, 0.6) is 5.75 Å². The summed E-state index contributed by atoms with van der Waals surface area (Å²) in [4.78, 5) is 34.5. The number of nitrogens with zero attached hydrogens (tertiary/aromatic N) is 2. The molecule has 0 aliphatic carbocycles. The average molecular weight is 525 g/mol. The number of aryl methyl sites for hydroxylation is 1. The van der Waals surface area contributed by atoms with Crippen molar-refractivity contribution in [2.45, 2.75) is 25.5 Å². The lowest BCUT2D eigenvalue weighted by molar-refractivity contribution is -0.118. The number of thioether (sulfide) groups is 1. The molecule has 8 heteroatoms. The highest BCUT2D eigenvalue weighted by Gasteiger charge is 2.19. The number of aromatic amines is 1.